The SMILES string of the molecule is CC1=C(O)N(C)C(=O)N(C)C1O. The molecule has 2 amide bonds. The molecule has 1 aliphatic rings. The summed E-state index contributed by atoms with van der Waals surface area (Å²) in [7, 11) is 2.92. The van der Waals surface area contributed by atoms with Crippen molar-refractivity contribution in [3.8, 4) is 0 Å². The molecule has 0 aromatic rings. The van der Waals surface area contributed by atoms with Crippen LogP contribution in [0.15, 0.2) is 11.5 Å². The number of urea groups is 1. The standard InChI is InChI=1S/C7H12N2O3/c1-4-5(10)8(2)7(12)9(3)6(4)11/h5,10-11H,1-3H3. The number of rotatable bonds is 0. The Bertz CT molecular complexity index is 249. The minimum absolute atomic E-state index is 0.175. The first kappa shape index (κ1) is 8.86. The molecule has 12 heavy (non-hydrogen) atoms. The molecule has 0 aromatic heterocycles. The fourth-order valence-electron chi connectivity index (χ4n) is 1.10. The molecule has 0 fully saturated rings. The van der Waals surface area contributed by atoms with Crippen LogP contribution in [0.4, 0.5) is 4.79 Å². The first-order chi connectivity index (χ1) is 5.46. The summed E-state index contributed by atoms with van der Waals surface area (Å²) in [4.78, 5) is 13.4. The van der Waals surface area contributed by atoms with E-state index < -0.39 is 12.3 Å². The Hall–Kier alpha value is -1.23. The van der Waals surface area contributed by atoms with Crippen molar-refractivity contribution in [2.75, 3.05) is 14.1 Å². The molecule has 2 N–H and O–H groups in total. The highest BCUT2D eigenvalue weighted by Gasteiger charge is 2.32. The van der Waals surface area contributed by atoms with E-state index in [1.807, 2.05) is 0 Å². The maximum absolute atomic E-state index is 11.2. The van der Waals surface area contributed by atoms with E-state index in [0.717, 1.165) is 9.80 Å². The zero-order valence-electron chi connectivity index (χ0n) is 7.27. The summed E-state index contributed by atoms with van der Waals surface area (Å²) < 4.78 is 0. The number of aliphatic hydroxyl groups is 2. The van der Waals surface area contributed by atoms with Gasteiger partial charge in [-0.2, -0.15) is 0 Å². The Kier molecular flexibility index (Phi) is 1.97. The third-order valence-corrected chi connectivity index (χ3v) is 2.01. The molecule has 1 atom stereocenters. The Morgan fingerprint density at radius 2 is 1.92 bits per heavy atom. The van der Waals surface area contributed by atoms with Crippen LogP contribution in [0.1, 0.15) is 6.92 Å². The van der Waals surface area contributed by atoms with E-state index in [-0.39, 0.29) is 5.88 Å². The van der Waals surface area contributed by atoms with Gasteiger partial charge in [-0.3, -0.25) is 9.80 Å². The Morgan fingerprint density at radius 1 is 1.42 bits per heavy atom. The first-order valence-electron chi connectivity index (χ1n) is 3.55. The molecule has 5 nitrogen and oxygen atoms in total. The van der Waals surface area contributed by atoms with Gasteiger partial charge in [-0.05, 0) is 6.92 Å². The van der Waals surface area contributed by atoms with Gasteiger partial charge in [0.1, 0.15) is 0 Å². The van der Waals surface area contributed by atoms with E-state index in [2.05, 4.69) is 0 Å². The van der Waals surface area contributed by atoms with Gasteiger partial charge in [0.15, 0.2) is 12.1 Å². The molecule has 5 heteroatoms. The van der Waals surface area contributed by atoms with Gasteiger partial charge in [0.25, 0.3) is 0 Å². The molecule has 0 saturated heterocycles. The van der Waals surface area contributed by atoms with Crippen molar-refractivity contribution in [2.24, 2.45) is 0 Å². The summed E-state index contributed by atoms with van der Waals surface area (Å²) in [5.74, 6) is -0.175. The van der Waals surface area contributed by atoms with Crippen molar-refractivity contribution in [2.45, 2.75) is 13.2 Å². The quantitative estimate of drug-likeness (QED) is 0.544. The fourth-order valence-corrected chi connectivity index (χ4v) is 1.10. The number of hydrogen-bond donors (Lipinski definition) is 2. The lowest BCUT2D eigenvalue weighted by atomic mass is 10.2. The zero-order valence-corrected chi connectivity index (χ0v) is 7.27. The molecule has 0 aliphatic carbocycles. The highest BCUT2D eigenvalue weighted by atomic mass is 16.3. The maximum Gasteiger partial charge on any atom is 0.328 e. The number of nitrogens with zero attached hydrogens (tertiary/aromatic N) is 2. The largest absolute Gasteiger partial charge is 0.494 e. The van der Waals surface area contributed by atoms with Crippen LogP contribution in [0.3, 0.4) is 0 Å². The minimum atomic E-state index is -1.02. The molecule has 1 heterocycles. The Balaban J connectivity index is 3.08. The van der Waals surface area contributed by atoms with E-state index >= 15 is 0 Å². The lowest BCUT2D eigenvalue weighted by Gasteiger charge is -2.34. The van der Waals surface area contributed by atoms with E-state index in [9.17, 15) is 15.0 Å². The summed E-state index contributed by atoms with van der Waals surface area (Å²) in [5, 5.41) is 18.7. The predicted octanol–water partition coefficient (Wildman–Crippen LogP) is 0.0915. The minimum Gasteiger partial charge on any atom is -0.494 e. The average Bonchev–Trinajstić information content (AvgIpc) is 2.08. The van der Waals surface area contributed by atoms with Gasteiger partial charge in [0.05, 0.1) is 0 Å². The van der Waals surface area contributed by atoms with Crippen LogP contribution in [0.25, 0.3) is 0 Å². The number of aliphatic hydroxyl groups excluding tert-OH is 2. The molecular weight excluding hydrogens is 160 g/mol. The van der Waals surface area contributed by atoms with Crippen LogP contribution in [-0.2, 0) is 0 Å². The molecule has 0 saturated carbocycles. The van der Waals surface area contributed by atoms with Crippen molar-refractivity contribution in [3.63, 3.8) is 0 Å². The predicted molar refractivity (Wildman–Crippen MR) is 42.3 cm³/mol. The van der Waals surface area contributed by atoms with Crippen molar-refractivity contribution in [1.82, 2.24) is 9.80 Å². The average molecular weight is 172 g/mol. The smallest absolute Gasteiger partial charge is 0.328 e. The molecule has 0 radical (unpaired) electrons. The Labute approximate surface area is 70.5 Å². The third kappa shape index (κ3) is 1.02. The molecule has 68 valence electrons. The molecule has 1 rings (SSSR count). The molecule has 0 bridgehead atoms. The van der Waals surface area contributed by atoms with Crippen LogP contribution in [0.5, 0.6) is 0 Å². The third-order valence-electron chi connectivity index (χ3n) is 2.01. The highest BCUT2D eigenvalue weighted by molar-refractivity contribution is 5.77. The van der Waals surface area contributed by atoms with Crippen molar-refractivity contribution >= 4 is 6.03 Å². The van der Waals surface area contributed by atoms with Gasteiger partial charge in [0, 0.05) is 19.7 Å². The first-order valence-corrected chi connectivity index (χ1v) is 3.55. The van der Waals surface area contributed by atoms with Crippen molar-refractivity contribution in [3.05, 3.63) is 11.5 Å². The van der Waals surface area contributed by atoms with Crippen molar-refractivity contribution in [1.29, 1.82) is 0 Å². The number of hydrogen-bond acceptors (Lipinski definition) is 3. The molecule has 0 spiro atoms. The van der Waals surface area contributed by atoms with Gasteiger partial charge < -0.3 is 10.2 Å². The summed E-state index contributed by atoms with van der Waals surface area (Å²) in [6.07, 6.45) is -1.02. The number of likely N-dealkylation sites (N-methyl/N-ethyl adjacent to an activating group) is 1. The normalized spacial score (nSPS) is 25.3. The maximum atomic E-state index is 11.2. The zero-order chi connectivity index (χ0) is 9.46. The van der Waals surface area contributed by atoms with Crippen LogP contribution < -0.4 is 0 Å². The molecule has 1 unspecified atom stereocenters. The van der Waals surface area contributed by atoms with Gasteiger partial charge in [-0.15, -0.1) is 0 Å². The van der Waals surface area contributed by atoms with Crippen LogP contribution >= 0.6 is 0 Å². The second-order valence-corrected chi connectivity index (χ2v) is 2.83. The fraction of sp³-hybridized carbons (Fsp3) is 0.571. The van der Waals surface area contributed by atoms with E-state index in [0.29, 0.717) is 5.57 Å². The molecular formula is C7H12N2O3. The van der Waals surface area contributed by atoms with Crippen LogP contribution in [0, 0.1) is 0 Å². The highest BCUT2D eigenvalue weighted by Crippen LogP contribution is 2.19. The van der Waals surface area contributed by atoms with Gasteiger partial charge in [0.2, 0.25) is 0 Å². The Morgan fingerprint density at radius 3 is 2.42 bits per heavy atom. The second-order valence-electron chi connectivity index (χ2n) is 2.83. The van der Waals surface area contributed by atoms with E-state index in [4.69, 9.17) is 0 Å². The van der Waals surface area contributed by atoms with Gasteiger partial charge in [-0.25, -0.2) is 4.79 Å². The number of carbonyl (C=O) groups excluding carboxylic acids is 1. The summed E-state index contributed by atoms with van der Waals surface area (Å²) >= 11 is 0. The van der Waals surface area contributed by atoms with Crippen molar-refractivity contribution < 1.29 is 15.0 Å². The van der Waals surface area contributed by atoms with Gasteiger partial charge in [-0.1, -0.05) is 0 Å². The molecule has 1 aliphatic heterocycles. The summed E-state index contributed by atoms with van der Waals surface area (Å²) in [6, 6.07) is -0.425. The van der Waals surface area contributed by atoms with Crippen LogP contribution in [-0.4, -0.2) is 46.4 Å². The second kappa shape index (κ2) is 2.67. The lowest BCUT2D eigenvalue weighted by molar-refractivity contribution is 0.0365. The molecule has 0 aromatic carbocycles. The number of amides is 2. The van der Waals surface area contributed by atoms with E-state index in [1.165, 1.54) is 14.1 Å². The summed E-state index contributed by atoms with van der Waals surface area (Å²) in [5.41, 5.74) is 0.375. The van der Waals surface area contributed by atoms with Crippen LogP contribution in [0.2, 0.25) is 0 Å². The van der Waals surface area contributed by atoms with E-state index in [1.54, 1.807) is 6.92 Å². The monoisotopic (exact) mass is 172 g/mol. The summed E-state index contributed by atoms with van der Waals surface area (Å²) in [6.45, 7) is 1.57. The lowest BCUT2D eigenvalue weighted by Crippen LogP contribution is -2.49. The topological polar surface area (TPSA) is 64.0 Å². The number of carbonyl (C=O) groups is 1. The van der Waals surface area contributed by atoms with Gasteiger partial charge >= 0.3 is 6.03 Å².